The molecule has 0 unspecified atom stereocenters. The van der Waals surface area contributed by atoms with E-state index >= 15 is 0 Å². The van der Waals surface area contributed by atoms with Crippen molar-refractivity contribution >= 4 is 5.69 Å². The highest BCUT2D eigenvalue weighted by molar-refractivity contribution is 5.42. The van der Waals surface area contributed by atoms with Gasteiger partial charge in [0.1, 0.15) is 0 Å². The predicted molar refractivity (Wildman–Crippen MR) is 61.4 cm³/mol. The molecule has 0 aliphatic carbocycles. The van der Waals surface area contributed by atoms with E-state index in [1.165, 1.54) is 0 Å². The van der Waals surface area contributed by atoms with Crippen molar-refractivity contribution in [2.24, 2.45) is 0 Å². The van der Waals surface area contributed by atoms with Crippen LogP contribution in [0.25, 0.3) is 0 Å². The molecule has 0 amide bonds. The predicted octanol–water partition coefficient (Wildman–Crippen LogP) is 1.98. The van der Waals surface area contributed by atoms with E-state index in [9.17, 15) is 0 Å². The highest BCUT2D eigenvalue weighted by atomic mass is 16.5. The maximum atomic E-state index is 5.61. The van der Waals surface area contributed by atoms with Crippen molar-refractivity contribution in [3.8, 4) is 11.6 Å². The minimum atomic E-state index is 0.560. The van der Waals surface area contributed by atoms with Crippen molar-refractivity contribution in [2.75, 3.05) is 5.73 Å². The minimum absolute atomic E-state index is 0.560. The van der Waals surface area contributed by atoms with E-state index < -0.39 is 0 Å². The Balaban J connectivity index is 2.20. The standard InChI is InChI=1S/C11H14N4O/c1-3-15-7-10(6-14-15)16-11-8(2)4-9(12)5-13-11/h4-7H,3,12H2,1-2H3. The number of nitrogens with two attached hydrogens (primary N) is 1. The number of nitrogens with zero attached hydrogens (tertiary/aromatic N) is 3. The summed E-state index contributed by atoms with van der Waals surface area (Å²) in [4.78, 5) is 4.12. The molecular weight excluding hydrogens is 204 g/mol. The lowest BCUT2D eigenvalue weighted by Crippen LogP contribution is -1.94. The van der Waals surface area contributed by atoms with Gasteiger partial charge in [-0.1, -0.05) is 0 Å². The first-order valence-electron chi connectivity index (χ1n) is 5.11. The van der Waals surface area contributed by atoms with Gasteiger partial charge >= 0.3 is 0 Å². The smallest absolute Gasteiger partial charge is 0.222 e. The SMILES string of the molecule is CCn1cc(Oc2ncc(N)cc2C)cn1. The fourth-order valence-electron chi connectivity index (χ4n) is 1.37. The van der Waals surface area contributed by atoms with Crippen LogP contribution in [0.4, 0.5) is 5.69 Å². The van der Waals surface area contributed by atoms with Crippen LogP contribution in [0.1, 0.15) is 12.5 Å². The molecule has 2 N–H and O–H groups in total. The van der Waals surface area contributed by atoms with Crippen LogP contribution in [0.5, 0.6) is 11.6 Å². The molecule has 2 rings (SSSR count). The summed E-state index contributed by atoms with van der Waals surface area (Å²) in [5, 5.41) is 4.12. The Kier molecular flexibility index (Phi) is 2.76. The number of pyridine rings is 1. The number of hydrogen-bond donors (Lipinski definition) is 1. The highest BCUT2D eigenvalue weighted by Crippen LogP contribution is 2.23. The number of anilines is 1. The topological polar surface area (TPSA) is 66.0 Å². The van der Waals surface area contributed by atoms with Gasteiger partial charge in [-0.15, -0.1) is 0 Å². The second kappa shape index (κ2) is 4.22. The summed E-state index contributed by atoms with van der Waals surface area (Å²) < 4.78 is 7.39. The first-order valence-corrected chi connectivity index (χ1v) is 5.11. The molecular formula is C11H14N4O. The first kappa shape index (κ1) is 10.5. The molecule has 16 heavy (non-hydrogen) atoms. The van der Waals surface area contributed by atoms with Crippen molar-refractivity contribution < 1.29 is 4.74 Å². The van der Waals surface area contributed by atoms with Crippen LogP contribution in [0.3, 0.4) is 0 Å². The summed E-state index contributed by atoms with van der Waals surface area (Å²) in [6.07, 6.45) is 5.07. The maximum absolute atomic E-state index is 5.61. The summed E-state index contributed by atoms with van der Waals surface area (Å²) in [5.74, 6) is 1.24. The Morgan fingerprint density at radius 3 is 2.88 bits per heavy atom. The Bertz CT molecular complexity index is 492. The molecule has 0 bridgehead atoms. The number of hydrogen-bond acceptors (Lipinski definition) is 4. The average Bonchev–Trinajstić information content (AvgIpc) is 2.70. The summed E-state index contributed by atoms with van der Waals surface area (Å²) in [7, 11) is 0. The zero-order chi connectivity index (χ0) is 11.5. The van der Waals surface area contributed by atoms with Crippen LogP contribution in [-0.2, 0) is 6.54 Å². The molecule has 0 saturated carbocycles. The van der Waals surface area contributed by atoms with E-state index in [2.05, 4.69) is 10.1 Å². The fraction of sp³-hybridized carbons (Fsp3) is 0.273. The minimum Gasteiger partial charge on any atom is -0.435 e. The van der Waals surface area contributed by atoms with Crippen LogP contribution in [0.15, 0.2) is 24.7 Å². The van der Waals surface area contributed by atoms with Crippen LogP contribution >= 0.6 is 0 Å². The molecule has 0 fully saturated rings. The van der Waals surface area contributed by atoms with E-state index in [4.69, 9.17) is 10.5 Å². The summed E-state index contributed by atoms with van der Waals surface area (Å²) >= 11 is 0. The Morgan fingerprint density at radius 2 is 2.25 bits per heavy atom. The average molecular weight is 218 g/mol. The van der Waals surface area contributed by atoms with Gasteiger partial charge in [0.25, 0.3) is 0 Å². The van der Waals surface area contributed by atoms with E-state index in [1.54, 1.807) is 17.1 Å². The van der Waals surface area contributed by atoms with Gasteiger partial charge in [-0.05, 0) is 19.9 Å². The number of rotatable bonds is 3. The number of aryl methyl sites for hydroxylation is 2. The van der Waals surface area contributed by atoms with Crippen molar-refractivity contribution in [1.29, 1.82) is 0 Å². The Hall–Kier alpha value is -2.04. The lowest BCUT2D eigenvalue weighted by Gasteiger charge is -2.05. The third kappa shape index (κ3) is 2.13. The van der Waals surface area contributed by atoms with Gasteiger partial charge in [-0.2, -0.15) is 5.10 Å². The lowest BCUT2D eigenvalue weighted by molar-refractivity contribution is 0.458. The molecule has 0 saturated heterocycles. The second-order valence-corrected chi connectivity index (χ2v) is 3.52. The van der Waals surface area contributed by atoms with Gasteiger partial charge in [0.15, 0.2) is 5.75 Å². The van der Waals surface area contributed by atoms with E-state index in [0.29, 0.717) is 17.3 Å². The van der Waals surface area contributed by atoms with E-state index in [0.717, 1.165) is 12.1 Å². The molecule has 2 heterocycles. The molecule has 84 valence electrons. The second-order valence-electron chi connectivity index (χ2n) is 3.52. The van der Waals surface area contributed by atoms with Gasteiger partial charge in [-0.3, -0.25) is 4.68 Å². The summed E-state index contributed by atoms with van der Waals surface area (Å²) in [6.45, 7) is 4.74. The van der Waals surface area contributed by atoms with Crippen LogP contribution in [-0.4, -0.2) is 14.8 Å². The normalized spacial score (nSPS) is 10.4. The lowest BCUT2D eigenvalue weighted by atomic mass is 10.3. The van der Waals surface area contributed by atoms with E-state index in [1.807, 2.05) is 26.1 Å². The monoisotopic (exact) mass is 218 g/mol. The first-order chi connectivity index (χ1) is 7.69. The largest absolute Gasteiger partial charge is 0.435 e. The number of ether oxygens (including phenoxy) is 1. The highest BCUT2D eigenvalue weighted by Gasteiger charge is 2.05. The van der Waals surface area contributed by atoms with Crippen LogP contribution < -0.4 is 10.5 Å². The molecule has 0 radical (unpaired) electrons. The zero-order valence-electron chi connectivity index (χ0n) is 9.34. The van der Waals surface area contributed by atoms with Crippen LogP contribution in [0, 0.1) is 6.92 Å². The Morgan fingerprint density at radius 1 is 1.44 bits per heavy atom. The molecule has 0 atom stereocenters. The molecule has 0 aromatic carbocycles. The number of nitrogen functional groups attached to an aromatic ring is 1. The summed E-state index contributed by atoms with van der Waals surface area (Å²) in [5.41, 5.74) is 7.15. The van der Waals surface area contributed by atoms with E-state index in [-0.39, 0.29) is 0 Å². The van der Waals surface area contributed by atoms with Crippen molar-refractivity contribution in [1.82, 2.24) is 14.8 Å². The zero-order valence-corrected chi connectivity index (χ0v) is 9.34. The number of aromatic nitrogens is 3. The molecule has 5 heteroatoms. The van der Waals surface area contributed by atoms with Crippen molar-refractivity contribution in [2.45, 2.75) is 20.4 Å². The fourth-order valence-corrected chi connectivity index (χ4v) is 1.37. The van der Waals surface area contributed by atoms with Gasteiger partial charge in [0, 0.05) is 12.1 Å². The Labute approximate surface area is 93.9 Å². The molecule has 0 aliphatic rings. The quantitative estimate of drug-likeness (QED) is 0.855. The van der Waals surface area contributed by atoms with Crippen molar-refractivity contribution in [3.63, 3.8) is 0 Å². The molecule has 2 aromatic heterocycles. The third-order valence-electron chi connectivity index (χ3n) is 2.20. The maximum Gasteiger partial charge on any atom is 0.222 e. The molecule has 0 aliphatic heterocycles. The van der Waals surface area contributed by atoms with Gasteiger partial charge in [0.2, 0.25) is 5.88 Å². The third-order valence-corrected chi connectivity index (χ3v) is 2.20. The van der Waals surface area contributed by atoms with Gasteiger partial charge in [-0.25, -0.2) is 4.98 Å². The van der Waals surface area contributed by atoms with Gasteiger partial charge in [0.05, 0.1) is 24.3 Å². The molecule has 5 nitrogen and oxygen atoms in total. The molecule has 0 spiro atoms. The molecule has 2 aromatic rings. The van der Waals surface area contributed by atoms with Crippen molar-refractivity contribution in [3.05, 3.63) is 30.2 Å². The van der Waals surface area contributed by atoms with Crippen LogP contribution in [0.2, 0.25) is 0 Å². The van der Waals surface area contributed by atoms with Gasteiger partial charge < -0.3 is 10.5 Å². The summed E-state index contributed by atoms with van der Waals surface area (Å²) in [6, 6.07) is 1.83.